The quantitative estimate of drug-likeness (QED) is 0.625. The highest BCUT2D eigenvalue weighted by molar-refractivity contribution is 6.20. The molecule has 2 saturated heterocycles. The van der Waals surface area contributed by atoms with Crippen LogP contribution in [0.2, 0.25) is 0 Å². The van der Waals surface area contributed by atoms with Gasteiger partial charge in [-0.05, 0) is 35.7 Å². The summed E-state index contributed by atoms with van der Waals surface area (Å²) in [6, 6.07) is 12.7. The van der Waals surface area contributed by atoms with Crippen molar-refractivity contribution in [3.8, 4) is 11.5 Å². The van der Waals surface area contributed by atoms with E-state index in [0.717, 1.165) is 39.8 Å². The second kappa shape index (κ2) is 8.79. The third-order valence-corrected chi connectivity index (χ3v) is 7.66. The van der Waals surface area contributed by atoms with Gasteiger partial charge in [0.05, 0.1) is 19.2 Å². The van der Waals surface area contributed by atoms with E-state index in [1.165, 1.54) is 7.11 Å². The van der Waals surface area contributed by atoms with E-state index in [-0.39, 0.29) is 26.4 Å². The minimum Gasteiger partial charge on any atom is -0.454 e. The Balaban J connectivity index is 1.35. The summed E-state index contributed by atoms with van der Waals surface area (Å²) < 4.78 is 16.1. The molecule has 10 nitrogen and oxygen atoms in total. The zero-order valence-corrected chi connectivity index (χ0v) is 20.1. The van der Waals surface area contributed by atoms with Crippen molar-refractivity contribution in [2.24, 2.45) is 5.41 Å². The highest BCUT2D eigenvalue weighted by Gasteiger charge is 2.62. The lowest BCUT2D eigenvalue weighted by atomic mass is 9.67. The molecule has 2 fully saturated rings. The maximum atomic E-state index is 14.0. The minimum absolute atomic E-state index is 0.0888. The standard InChI is InChI=1S/C26H28N4O6/c1-34-11-10-30-24(32)26(23(31)27-25(30)33)13-18-4-2-3-5-19(18)29-9-8-28(15-22(26)29)14-17-6-7-20-21(12-17)36-16-35-20/h2-7,12,22H,8-11,13-16H2,1H3,(H,27,31,33)/t22-,26-/m1/s1. The third kappa shape index (κ3) is 3.51. The number of imide groups is 2. The first-order chi connectivity index (χ1) is 17.5. The maximum absolute atomic E-state index is 14.0. The number of rotatable bonds is 5. The number of para-hydroxylation sites is 1. The normalized spacial score (nSPS) is 25.1. The average molecular weight is 493 g/mol. The predicted molar refractivity (Wildman–Crippen MR) is 129 cm³/mol. The highest BCUT2D eigenvalue weighted by atomic mass is 16.7. The number of benzene rings is 2. The number of nitrogens with zero attached hydrogens (tertiary/aromatic N) is 3. The van der Waals surface area contributed by atoms with E-state index in [1.54, 1.807) is 0 Å². The number of carbonyl (C=O) groups is 3. The van der Waals surface area contributed by atoms with Crippen LogP contribution >= 0.6 is 0 Å². The van der Waals surface area contributed by atoms with Crippen LogP contribution in [0, 0.1) is 5.41 Å². The molecule has 10 heteroatoms. The number of nitrogens with one attached hydrogen (secondary N) is 1. The predicted octanol–water partition coefficient (Wildman–Crippen LogP) is 1.37. The Hall–Kier alpha value is -3.63. The molecular formula is C26H28N4O6. The van der Waals surface area contributed by atoms with Crippen LogP contribution in [0.3, 0.4) is 0 Å². The Morgan fingerprint density at radius 2 is 1.92 bits per heavy atom. The van der Waals surface area contributed by atoms with Crippen molar-refractivity contribution < 1.29 is 28.6 Å². The smallest absolute Gasteiger partial charge is 0.330 e. The van der Waals surface area contributed by atoms with Crippen LogP contribution in [0.4, 0.5) is 10.5 Å². The van der Waals surface area contributed by atoms with E-state index in [2.05, 4.69) is 15.1 Å². The van der Waals surface area contributed by atoms with Gasteiger partial charge in [-0.2, -0.15) is 0 Å². The van der Waals surface area contributed by atoms with Gasteiger partial charge in [0.2, 0.25) is 18.6 Å². The Morgan fingerprint density at radius 3 is 2.78 bits per heavy atom. The minimum atomic E-state index is -1.41. The van der Waals surface area contributed by atoms with Crippen LogP contribution in [0.15, 0.2) is 42.5 Å². The summed E-state index contributed by atoms with van der Waals surface area (Å²) in [5, 5.41) is 2.48. The van der Waals surface area contributed by atoms with Crippen LogP contribution in [0.1, 0.15) is 11.1 Å². The van der Waals surface area contributed by atoms with Crippen molar-refractivity contribution >= 4 is 23.5 Å². The summed E-state index contributed by atoms with van der Waals surface area (Å²) in [4.78, 5) is 45.8. The zero-order chi connectivity index (χ0) is 24.9. The van der Waals surface area contributed by atoms with E-state index >= 15 is 0 Å². The average Bonchev–Trinajstić information content (AvgIpc) is 3.35. The number of hydrogen-bond donors (Lipinski definition) is 1. The van der Waals surface area contributed by atoms with Crippen molar-refractivity contribution in [3.05, 3.63) is 53.6 Å². The van der Waals surface area contributed by atoms with Crippen LogP contribution < -0.4 is 19.7 Å². The monoisotopic (exact) mass is 492 g/mol. The lowest BCUT2D eigenvalue weighted by molar-refractivity contribution is -0.155. The Bertz CT molecular complexity index is 1230. The SMILES string of the molecule is COCCN1C(=O)NC(=O)[C@]2(Cc3ccccc3N3CCN(Cc4ccc5c(c4)OCO5)C[C@@H]32)C1=O. The maximum Gasteiger partial charge on any atom is 0.330 e. The molecule has 0 saturated carbocycles. The van der Waals surface area contributed by atoms with Crippen LogP contribution in [0.5, 0.6) is 11.5 Å². The number of fused-ring (bicyclic) bond motifs is 5. The fourth-order valence-corrected chi connectivity index (χ4v) is 5.89. The van der Waals surface area contributed by atoms with Gasteiger partial charge in [-0.25, -0.2) is 4.79 Å². The van der Waals surface area contributed by atoms with E-state index < -0.39 is 29.3 Å². The van der Waals surface area contributed by atoms with Gasteiger partial charge in [0, 0.05) is 39.0 Å². The first-order valence-corrected chi connectivity index (χ1v) is 12.1. The van der Waals surface area contributed by atoms with E-state index in [9.17, 15) is 14.4 Å². The number of piperazine rings is 1. The molecule has 0 aromatic heterocycles. The van der Waals surface area contributed by atoms with Gasteiger partial charge in [0.1, 0.15) is 0 Å². The van der Waals surface area contributed by atoms with E-state index in [0.29, 0.717) is 19.6 Å². The summed E-state index contributed by atoms with van der Waals surface area (Å²) in [5.74, 6) is 0.475. The molecule has 2 aromatic carbocycles. The molecule has 0 bridgehead atoms. The van der Waals surface area contributed by atoms with Crippen LogP contribution in [0.25, 0.3) is 0 Å². The lowest BCUT2D eigenvalue weighted by Gasteiger charge is -2.55. The second-order valence-corrected chi connectivity index (χ2v) is 9.62. The summed E-state index contributed by atoms with van der Waals surface area (Å²) in [6.45, 7) is 3.06. The van der Waals surface area contributed by atoms with Gasteiger partial charge >= 0.3 is 6.03 Å². The van der Waals surface area contributed by atoms with Gasteiger partial charge in [-0.3, -0.25) is 24.7 Å². The summed E-state index contributed by atoms with van der Waals surface area (Å²) >= 11 is 0. The van der Waals surface area contributed by atoms with Crippen molar-refractivity contribution in [2.75, 3.05) is 51.6 Å². The molecule has 4 aliphatic rings. The van der Waals surface area contributed by atoms with E-state index in [4.69, 9.17) is 14.2 Å². The second-order valence-electron chi connectivity index (χ2n) is 9.62. The zero-order valence-electron chi connectivity index (χ0n) is 20.1. The number of hydrogen-bond acceptors (Lipinski definition) is 8. The van der Waals surface area contributed by atoms with Crippen molar-refractivity contribution in [1.82, 2.24) is 15.1 Å². The van der Waals surface area contributed by atoms with Crippen molar-refractivity contribution in [1.29, 1.82) is 0 Å². The fourth-order valence-electron chi connectivity index (χ4n) is 5.89. The molecule has 0 aliphatic carbocycles. The molecular weight excluding hydrogens is 464 g/mol. The van der Waals surface area contributed by atoms with Crippen molar-refractivity contribution in [3.63, 3.8) is 0 Å². The molecule has 4 amide bonds. The Kier molecular flexibility index (Phi) is 5.57. The molecule has 6 rings (SSSR count). The highest BCUT2D eigenvalue weighted by Crippen LogP contribution is 2.45. The van der Waals surface area contributed by atoms with Crippen LogP contribution in [-0.4, -0.2) is 80.4 Å². The van der Waals surface area contributed by atoms with Gasteiger partial charge in [-0.1, -0.05) is 24.3 Å². The molecule has 4 aliphatic heterocycles. The van der Waals surface area contributed by atoms with Gasteiger partial charge < -0.3 is 19.1 Å². The first-order valence-electron chi connectivity index (χ1n) is 12.1. The largest absolute Gasteiger partial charge is 0.454 e. The van der Waals surface area contributed by atoms with Gasteiger partial charge in [0.15, 0.2) is 16.9 Å². The Morgan fingerprint density at radius 1 is 1.08 bits per heavy atom. The number of anilines is 1. The molecule has 1 spiro atoms. The number of ether oxygens (including phenoxy) is 3. The molecule has 188 valence electrons. The number of carbonyl (C=O) groups excluding carboxylic acids is 3. The van der Waals surface area contributed by atoms with Crippen molar-refractivity contribution in [2.45, 2.75) is 19.0 Å². The van der Waals surface area contributed by atoms with Crippen LogP contribution in [-0.2, 0) is 27.3 Å². The molecule has 1 N–H and O–H groups in total. The first kappa shape index (κ1) is 22.8. The number of amides is 4. The summed E-state index contributed by atoms with van der Waals surface area (Å²) in [5.41, 5.74) is 1.62. The molecule has 4 heterocycles. The molecule has 2 aromatic rings. The molecule has 0 unspecified atom stereocenters. The summed E-state index contributed by atoms with van der Waals surface area (Å²) in [7, 11) is 1.51. The number of methoxy groups -OCH3 is 1. The van der Waals surface area contributed by atoms with E-state index in [1.807, 2.05) is 42.5 Å². The molecule has 36 heavy (non-hydrogen) atoms. The fraction of sp³-hybridized carbons (Fsp3) is 0.423. The van der Waals surface area contributed by atoms with Gasteiger partial charge in [-0.15, -0.1) is 0 Å². The van der Waals surface area contributed by atoms with Gasteiger partial charge in [0.25, 0.3) is 0 Å². The lowest BCUT2D eigenvalue weighted by Crippen LogP contribution is -2.75. The Labute approximate surface area is 208 Å². The molecule has 0 radical (unpaired) electrons. The topological polar surface area (TPSA) is 101 Å². The number of urea groups is 1. The molecule has 2 atom stereocenters. The number of barbiturate groups is 1. The third-order valence-electron chi connectivity index (χ3n) is 7.66. The summed E-state index contributed by atoms with van der Waals surface area (Å²) in [6.07, 6.45) is 0.240.